The number of carbonyl (C=O) groups is 2. The molecule has 2 aromatic carbocycles. The van der Waals surface area contributed by atoms with Crippen molar-refractivity contribution < 1.29 is 18.0 Å². The van der Waals surface area contributed by atoms with E-state index in [1.807, 2.05) is 36.6 Å². The lowest BCUT2D eigenvalue weighted by atomic mass is 10.1. The van der Waals surface area contributed by atoms with Crippen LogP contribution in [0.25, 0.3) is 11.3 Å². The fourth-order valence-corrected chi connectivity index (χ4v) is 4.59. The second kappa shape index (κ2) is 9.38. The number of amides is 2. The lowest BCUT2D eigenvalue weighted by Crippen LogP contribution is -2.34. The third-order valence-electron chi connectivity index (χ3n) is 4.35. The number of carbonyl (C=O) groups excluding carboxylic acids is 2. The molecule has 2 amide bonds. The van der Waals surface area contributed by atoms with Gasteiger partial charge in [0.05, 0.1) is 17.1 Å². The molecule has 0 spiro atoms. The van der Waals surface area contributed by atoms with Crippen molar-refractivity contribution in [3.63, 3.8) is 0 Å². The Balaban J connectivity index is 1.63. The quantitative estimate of drug-likeness (QED) is 0.565. The predicted octanol–water partition coefficient (Wildman–Crippen LogP) is 3.34. The first-order valence-corrected chi connectivity index (χ1v) is 11.6. The summed E-state index contributed by atoms with van der Waals surface area (Å²) in [5.41, 5.74) is 3.30. The van der Waals surface area contributed by atoms with Gasteiger partial charge in [-0.1, -0.05) is 29.8 Å². The highest BCUT2D eigenvalue weighted by molar-refractivity contribution is 7.89. The van der Waals surface area contributed by atoms with Gasteiger partial charge in [0.2, 0.25) is 21.8 Å². The van der Waals surface area contributed by atoms with Gasteiger partial charge in [-0.15, -0.1) is 11.3 Å². The van der Waals surface area contributed by atoms with Gasteiger partial charge in [0.15, 0.2) is 5.13 Å². The number of benzene rings is 2. The molecule has 8 nitrogen and oxygen atoms in total. The molecule has 162 valence electrons. The zero-order valence-electron chi connectivity index (χ0n) is 17.2. The fraction of sp³-hybridized carbons (Fsp3) is 0.190. The van der Waals surface area contributed by atoms with E-state index in [-0.39, 0.29) is 17.3 Å². The van der Waals surface area contributed by atoms with Crippen molar-refractivity contribution in [2.45, 2.75) is 18.7 Å². The first-order valence-electron chi connectivity index (χ1n) is 9.31. The summed E-state index contributed by atoms with van der Waals surface area (Å²) in [6, 6.07) is 13.6. The Labute approximate surface area is 185 Å². The van der Waals surface area contributed by atoms with Gasteiger partial charge in [0.25, 0.3) is 0 Å². The van der Waals surface area contributed by atoms with Crippen LogP contribution in [-0.2, 0) is 19.6 Å². The maximum Gasteiger partial charge on any atom is 0.243 e. The minimum absolute atomic E-state index is 0.0211. The zero-order chi connectivity index (χ0) is 22.6. The van der Waals surface area contributed by atoms with E-state index < -0.39 is 15.9 Å². The van der Waals surface area contributed by atoms with Gasteiger partial charge in [-0.25, -0.2) is 13.4 Å². The molecule has 0 bridgehead atoms. The Bertz CT molecular complexity index is 1190. The Morgan fingerprint density at radius 1 is 1.03 bits per heavy atom. The van der Waals surface area contributed by atoms with Crippen LogP contribution in [0.2, 0.25) is 0 Å². The minimum Gasteiger partial charge on any atom is -0.326 e. The van der Waals surface area contributed by atoms with Crippen molar-refractivity contribution in [1.29, 1.82) is 0 Å². The number of aryl methyl sites for hydroxylation is 1. The molecule has 0 aliphatic rings. The molecular weight excluding hydrogens is 436 g/mol. The van der Waals surface area contributed by atoms with Crippen LogP contribution in [-0.4, -0.2) is 43.1 Å². The normalized spacial score (nSPS) is 11.4. The highest BCUT2D eigenvalue weighted by atomic mass is 32.2. The molecule has 1 aromatic heterocycles. The Kier molecular flexibility index (Phi) is 6.84. The van der Waals surface area contributed by atoms with Gasteiger partial charge in [0.1, 0.15) is 0 Å². The lowest BCUT2D eigenvalue weighted by molar-refractivity contribution is -0.116. The predicted molar refractivity (Wildman–Crippen MR) is 121 cm³/mol. The molecule has 0 unspecified atom stereocenters. The van der Waals surface area contributed by atoms with E-state index in [2.05, 4.69) is 15.6 Å². The monoisotopic (exact) mass is 458 g/mol. The number of anilines is 2. The number of rotatable bonds is 7. The standard InChI is InChI=1S/C21H22N4O4S2/c1-14-4-6-16(7-5-14)19-13-30-21(23-19)24-20(27)12-25(3)31(28,29)18-10-8-17(9-11-18)22-15(2)26/h4-11,13H,12H2,1-3H3,(H,22,26)(H,23,24,27). The van der Waals surface area contributed by atoms with E-state index in [1.165, 1.54) is 49.6 Å². The summed E-state index contributed by atoms with van der Waals surface area (Å²) in [6.45, 7) is 3.00. The Hall–Kier alpha value is -3.08. The maximum atomic E-state index is 12.7. The maximum absolute atomic E-state index is 12.7. The van der Waals surface area contributed by atoms with Gasteiger partial charge in [0, 0.05) is 30.6 Å². The van der Waals surface area contributed by atoms with E-state index in [0.717, 1.165) is 21.1 Å². The molecule has 0 aliphatic carbocycles. The second-order valence-electron chi connectivity index (χ2n) is 6.92. The number of hydrogen-bond donors (Lipinski definition) is 2. The summed E-state index contributed by atoms with van der Waals surface area (Å²) in [4.78, 5) is 27.9. The molecule has 0 fully saturated rings. The van der Waals surface area contributed by atoms with E-state index in [4.69, 9.17) is 0 Å². The van der Waals surface area contributed by atoms with Gasteiger partial charge >= 0.3 is 0 Å². The van der Waals surface area contributed by atoms with Crippen LogP contribution < -0.4 is 10.6 Å². The van der Waals surface area contributed by atoms with Crippen molar-refractivity contribution in [3.05, 3.63) is 59.5 Å². The molecule has 1 heterocycles. The van der Waals surface area contributed by atoms with Crippen LogP contribution in [0.4, 0.5) is 10.8 Å². The zero-order valence-corrected chi connectivity index (χ0v) is 18.9. The topological polar surface area (TPSA) is 108 Å². The van der Waals surface area contributed by atoms with E-state index in [9.17, 15) is 18.0 Å². The SMILES string of the molecule is CC(=O)Nc1ccc(S(=O)(=O)N(C)CC(=O)Nc2nc(-c3ccc(C)cc3)cs2)cc1. The highest BCUT2D eigenvalue weighted by Gasteiger charge is 2.23. The highest BCUT2D eigenvalue weighted by Crippen LogP contribution is 2.25. The van der Waals surface area contributed by atoms with Gasteiger partial charge in [-0.05, 0) is 31.2 Å². The molecule has 3 rings (SSSR count). The van der Waals surface area contributed by atoms with Crippen LogP contribution in [0, 0.1) is 6.92 Å². The molecule has 10 heteroatoms. The summed E-state index contributed by atoms with van der Waals surface area (Å²) >= 11 is 1.27. The molecule has 0 atom stereocenters. The smallest absolute Gasteiger partial charge is 0.243 e. The van der Waals surface area contributed by atoms with Gasteiger partial charge in [-0.2, -0.15) is 4.31 Å². The minimum atomic E-state index is -3.87. The molecule has 31 heavy (non-hydrogen) atoms. The number of likely N-dealkylation sites (N-methyl/N-ethyl adjacent to an activating group) is 1. The van der Waals surface area contributed by atoms with Gasteiger partial charge < -0.3 is 10.6 Å². The number of thiazole rings is 1. The number of sulfonamides is 1. The lowest BCUT2D eigenvalue weighted by Gasteiger charge is -2.16. The van der Waals surface area contributed by atoms with E-state index >= 15 is 0 Å². The van der Waals surface area contributed by atoms with Crippen LogP contribution in [0.3, 0.4) is 0 Å². The van der Waals surface area contributed by atoms with Crippen LogP contribution in [0.1, 0.15) is 12.5 Å². The third-order valence-corrected chi connectivity index (χ3v) is 6.92. The van der Waals surface area contributed by atoms with Crippen molar-refractivity contribution in [2.24, 2.45) is 0 Å². The van der Waals surface area contributed by atoms with Crippen LogP contribution in [0.15, 0.2) is 58.8 Å². The molecule has 3 aromatic rings. The number of aromatic nitrogens is 1. The summed E-state index contributed by atoms with van der Waals surface area (Å²) in [5, 5.41) is 7.44. The molecule has 0 saturated heterocycles. The summed E-state index contributed by atoms with van der Waals surface area (Å²) < 4.78 is 26.4. The van der Waals surface area contributed by atoms with Crippen molar-refractivity contribution in [2.75, 3.05) is 24.2 Å². The van der Waals surface area contributed by atoms with Gasteiger partial charge in [-0.3, -0.25) is 9.59 Å². The van der Waals surface area contributed by atoms with E-state index in [0.29, 0.717) is 10.8 Å². The van der Waals surface area contributed by atoms with E-state index in [1.54, 1.807) is 0 Å². The number of nitrogens with one attached hydrogen (secondary N) is 2. The first kappa shape index (κ1) is 22.6. The third kappa shape index (κ3) is 5.75. The Morgan fingerprint density at radius 3 is 2.29 bits per heavy atom. The summed E-state index contributed by atoms with van der Waals surface area (Å²) in [6.07, 6.45) is 0. The second-order valence-corrected chi connectivity index (χ2v) is 9.82. The molecular formula is C21H22N4O4S2. The average molecular weight is 459 g/mol. The molecule has 2 N–H and O–H groups in total. The van der Waals surface area contributed by atoms with Crippen molar-refractivity contribution >= 4 is 44.0 Å². The Morgan fingerprint density at radius 2 is 1.68 bits per heavy atom. The first-order chi connectivity index (χ1) is 14.6. The molecule has 0 saturated carbocycles. The van der Waals surface area contributed by atoms with Crippen molar-refractivity contribution in [3.8, 4) is 11.3 Å². The molecule has 0 radical (unpaired) electrons. The van der Waals surface area contributed by atoms with Crippen molar-refractivity contribution in [1.82, 2.24) is 9.29 Å². The summed E-state index contributed by atoms with van der Waals surface area (Å²) in [5.74, 6) is -0.747. The summed E-state index contributed by atoms with van der Waals surface area (Å²) in [7, 11) is -2.54. The largest absolute Gasteiger partial charge is 0.326 e. The van der Waals surface area contributed by atoms with Crippen LogP contribution >= 0.6 is 11.3 Å². The van der Waals surface area contributed by atoms with Crippen LogP contribution in [0.5, 0.6) is 0 Å². The number of hydrogen-bond acceptors (Lipinski definition) is 6. The fourth-order valence-electron chi connectivity index (χ4n) is 2.73. The average Bonchev–Trinajstić information content (AvgIpc) is 3.16. The molecule has 0 aliphatic heterocycles. The number of nitrogens with zero attached hydrogens (tertiary/aromatic N) is 2.